The van der Waals surface area contributed by atoms with Gasteiger partial charge in [-0.05, 0) is 25.7 Å². The van der Waals surface area contributed by atoms with E-state index in [1.165, 1.54) is 12.8 Å². The molecule has 5 nitrogen and oxygen atoms in total. The summed E-state index contributed by atoms with van der Waals surface area (Å²) in [6, 6.07) is 0.0993. The third-order valence-corrected chi connectivity index (χ3v) is 3.32. The van der Waals surface area contributed by atoms with Crippen molar-refractivity contribution in [1.82, 2.24) is 10.2 Å². The highest BCUT2D eigenvalue weighted by Gasteiger charge is 2.14. The number of rotatable bonds is 8. The Morgan fingerprint density at radius 3 is 2.47 bits per heavy atom. The van der Waals surface area contributed by atoms with Crippen LogP contribution < -0.4 is 5.32 Å². The molecule has 0 aromatic rings. The monoisotopic (exact) mass is 272 g/mol. The molecular formula is C14H28N2O3. The van der Waals surface area contributed by atoms with Gasteiger partial charge in [0.25, 0.3) is 0 Å². The number of carbonyl (C=O) groups is 1. The van der Waals surface area contributed by atoms with Crippen LogP contribution in [-0.2, 0) is 9.47 Å². The lowest BCUT2D eigenvalue weighted by molar-refractivity contribution is 0.0688. The highest BCUT2D eigenvalue weighted by Crippen LogP contribution is 2.09. The predicted octanol–water partition coefficient (Wildman–Crippen LogP) is 2.02. The van der Waals surface area contributed by atoms with Crippen LogP contribution in [0.25, 0.3) is 0 Å². The van der Waals surface area contributed by atoms with Gasteiger partial charge >= 0.3 is 6.03 Å². The highest BCUT2D eigenvalue weighted by atomic mass is 16.5. The fourth-order valence-corrected chi connectivity index (χ4v) is 2.15. The Morgan fingerprint density at radius 2 is 1.79 bits per heavy atom. The Labute approximate surface area is 116 Å². The molecule has 19 heavy (non-hydrogen) atoms. The molecule has 2 amide bonds. The minimum absolute atomic E-state index is 0.0993. The lowest BCUT2D eigenvalue weighted by atomic mass is 10.2. The van der Waals surface area contributed by atoms with Crippen molar-refractivity contribution in [2.75, 3.05) is 46.6 Å². The summed E-state index contributed by atoms with van der Waals surface area (Å²) in [5.41, 5.74) is 0. The van der Waals surface area contributed by atoms with Gasteiger partial charge in [0.05, 0.1) is 13.2 Å². The van der Waals surface area contributed by atoms with Crippen LogP contribution in [0.1, 0.15) is 38.5 Å². The third-order valence-electron chi connectivity index (χ3n) is 3.32. The van der Waals surface area contributed by atoms with E-state index in [2.05, 4.69) is 5.32 Å². The number of nitrogens with one attached hydrogen (secondary N) is 1. The number of unbranched alkanes of at least 4 members (excludes halogenated alkanes) is 1. The summed E-state index contributed by atoms with van der Waals surface area (Å²) in [5, 5.41) is 2.99. The van der Waals surface area contributed by atoms with Crippen molar-refractivity contribution in [3.63, 3.8) is 0 Å². The molecule has 0 aromatic carbocycles. The van der Waals surface area contributed by atoms with Crippen molar-refractivity contribution >= 4 is 6.03 Å². The Bertz CT molecular complexity index is 229. The fraction of sp³-hybridized carbons (Fsp3) is 0.929. The molecule has 1 aliphatic rings. The molecule has 0 aromatic heterocycles. The molecule has 1 aliphatic heterocycles. The second-order valence-electron chi connectivity index (χ2n) is 4.95. The molecular weight excluding hydrogens is 244 g/mol. The number of urea groups is 1. The van der Waals surface area contributed by atoms with Gasteiger partial charge in [-0.1, -0.05) is 12.8 Å². The summed E-state index contributed by atoms with van der Waals surface area (Å²) in [6.45, 7) is 4.59. The normalized spacial score (nSPS) is 16.2. The van der Waals surface area contributed by atoms with Crippen molar-refractivity contribution in [2.45, 2.75) is 38.5 Å². The van der Waals surface area contributed by atoms with Gasteiger partial charge in [0.1, 0.15) is 0 Å². The van der Waals surface area contributed by atoms with Crippen molar-refractivity contribution in [3.05, 3.63) is 0 Å². The number of carbonyl (C=O) groups excluding carboxylic acids is 1. The van der Waals surface area contributed by atoms with E-state index >= 15 is 0 Å². The summed E-state index contributed by atoms with van der Waals surface area (Å²) in [5.74, 6) is 0. The first-order valence-corrected chi connectivity index (χ1v) is 7.44. The van der Waals surface area contributed by atoms with E-state index in [1.807, 2.05) is 4.90 Å². The first kappa shape index (κ1) is 16.2. The number of methoxy groups -OCH3 is 1. The minimum atomic E-state index is 0.0993. The maximum atomic E-state index is 11.9. The van der Waals surface area contributed by atoms with E-state index in [1.54, 1.807) is 7.11 Å². The first-order valence-electron chi connectivity index (χ1n) is 7.44. The molecule has 0 aliphatic carbocycles. The zero-order valence-corrected chi connectivity index (χ0v) is 12.2. The number of amides is 2. The number of likely N-dealkylation sites (tertiary alicyclic amines) is 1. The zero-order chi connectivity index (χ0) is 13.8. The maximum absolute atomic E-state index is 11.9. The summed E-state index contributed by atoms with van der Waals surface area (Å²) in [7, 11) is 1.67. The smallest absolute Gasteiger partial charge is 0.317 e. The Kier molecular flexibility index (Phi) is 9.45. The molecule has 0 atom stereocenters. The van der Waals surface area contributed by atoms with Gasteiger partial charge in [0, 0.05) is 33.4 Å². The maximum Gasteiger partial charge on any atom is 0.317 e. The minimum Gasteiger partial charge on any atom is -0.382 e. The highest BCUT2D eigenvalue weighted by molar-refractivity contribution is 5.74. The molecule has 1 N–H and O–H groups in total. The Balaban J connectivity index is 1.94. The molecule has 1 saturated heterocycles. The lowest BCUT2D eigenvalue weighted by Gasteiger charge is -2.20. The zero-order valence-electron chi connectivity index (χ0n) is 12.2. The summed E-state index contributed by atoms with van der Waals surface area (Å²) in [6.07, 6.45) is 6.73. The van der Waals surface area contributed by atoms with Crippen LogP contribution in [-0.4, -0.2) is 57.5 Å². The van der Waals surface area contributed by atoms with Crippen molar-refractivity contribution in [1.29, 1.82) is 0 Å². The van der Waals surface area contributed by atoms with E-state index < -0.39 is 0 Å². The first-order chi connectivity index (χ1) is 9.34. The van der Waals surface area contributed by atoms with Crippen molar-refractivity contribution < 1.29 is 14.3 Å². The Morgan fingerprint density at radius 1 is 1.05 bits per heavy atom. The van der Waals surface area contributed by atoms with Gasteiger partial charge < -0.3 is 19.7 Å². The molecule has 5 heteroatoms. The Hall–Kier alpha value is -0.810. The summed E-state index contributed by atoms with van der Waals surface area (Å²) in [4.78, 5) is 13.8. The standard InChI is InChI=1S/C14H28N2O3/c1-18-12-13-19-11-7-4-8-15-14(17)16-9-5-2-3-6-10-16/h2-13H2,1H3,(H,15,17). The van der Waals surface area contributed by atoms with E-state index in [0.717, 1.165) is 51.9 Å². The summed E-state index contributed by atoms with van der Waals surface area (Å²) >= 11 is 0. The molecule has 0 radical (unpaired) electrons. The van der Waals surface area contributed by atoms with Gasteiger partial charge in [0.2, 0.25) is 0 Å². The number of hydrogen-bond donors (Lipinski definition) is 1. The van der Waals surface area contributed by atoms with E-state index in [9.17, 15) is 4.79 Å². The molecule has 112 valence electrons. The van der Waals surface area contributed by atoms with Gasteiger partial charge in [-0.25, -0.2) is 4.79 Å². The molecule has 1 heterocycles. The third kappa shape index (κ3) is 8.06. The van der Waals surface area contributed by atoms with Crippen molar-refractivity contribution in [2.24, 2.45) is 0 Å². The quantitative estimate of drug-likeness (QED) is 0.688. The van der Waals surface area contributed by atoms with E-state index in [-0.39, 0.29) is 6.03 Å². The SMILES string of the molecule is COCCOCCCCNC(=O)N1CCCCCC1. The molecule has 1 rings (SSSR count). The summed E-state index contributed by atoms with van der Waals surface area (Å²) < 4.78 is 10.3. The van der Waals surface area contributed by atoms with Gasteiger partial charge in [-0.3, -0.25) is 0 Å². The van der Waals surface area contributed by atoms with Crippen LogP contribution in [0.2, 0.25) is 0 Å². The van der Waals surface area contributed by atoms with Gasteiger partial charge in [0.15, 0.2) is 0 Å². The largest absolute Gasteiger partial charge is 0.382 e. The number of nitrogens with zero attached hydrogens (tertiary/aromatic N) is 1. The molecule has 0 unspecified atom stereocenters. The van der Waals surface area contributed by atoms with Crippen LogP contribution in [0.3, 0.4) is 0 Å². The molecule has 0 saturated carbocycles. The van der Waals surface area contributed by atoms with E-state index in [0.29, 0.717) is 13.2 Å². The van der Waals surface area contributed by atoms with Gasteiger partial charge in [-0.15, -0.1) is 0 Å². The molecule has 0 spiro atoms. The molecule has 1 fully saturated rings. The average Bonchev–Trinajstić information content (AvgIpc) is 2.70. The second kappa shape index (κ2) is 11.1. The fourth-order valence-electron chi connectivity index (χ4n) is 2.15. The van der Waals surface area contributed by atoms with Crippen LogP contribution in [0.5, 0.6) is 0 Å². The topological polar surface area (TPSA) is 50.8 Å². The van der Waals surface area contributed by atoms with Crippen LogP contribution in [0.15, 0.2) is 0 Å². The second-order valence-corrected chi connectivity index (χ2v) is 4.95. The predicted molar refractivity (Wildman–Crippen MR) is 75.4 cm³/mol. The lowest BCUT2D eigenvalue weighted by Crippen LogP contribution is -2.40. The van der Waals surface area contributed by atoms with Crippen LogP contribution >= 0.6 is 0 Å². The van der Waals surface area contributed by atoms with Crippen LogP contribution in [0.4, 0.5) is 4.79 Å². The molecule has 0 bridgehead atoms. The van der Waals surface area contributed by atoms with Crippen LogP contribution in [0, 0.1) is 0 Å². The average molecular weight is 272 g/mol. The number of ether oxygens (including phenoxy) is 2. The van der Waals surface area contributed by atoms with E-state index in [4.69, 9.17) is 9.47 Å². The van der Waals surface area contributed by atoms with Gasteiger partial charge in [-0.2, -0.15) is 0 Å². The van der Waals surface area contributed by atoms with Crippen molar-refractivity contribution in [3.8, 4) is 0 Å². The number of hydrogen-bond acceptors (Lipinski definition) is 3.